The molecule has 0 saturated carbocycles. The summed E-state index contributed by atoms with van der Waals surface area (Å²) in [4.78, 5) is 4.52. The molecule has 130 valence electrons. The largest absolute Gasteiger partial charge is 0.514 e. The van der Waals surface area contributed by atoms with Crippen molar-refractivity contribution < 1.29 is 14.0 Å². The van der Waals surface area contributed by atoms with Crippen molar-refractivity contribution in [2.75, 3.05) is 11.9 Å². The van der Waals surface area contributed by atoms with Crippen LogP contribution in [0.25, 0.3) is 0 Å². The van der Waals surface area contributed by atoms with Gasteiger partial charge in [0.2, 0.25) is 0 Å². The molecule has 0 aromatic carbocycles. The smallest absolute Gasteiger partial charge is 0.480 e. The van der Waals surface area contributed by atoms with Crippen molar-refractivity contribution in [2.24, 2.45) is 0 Å². The predicted octanol–water partition coefficient (Wildman–Crippen LogP) is 2.17. The van der Waals surface area contributed by atoms with Gasteiger partial charge < -0.3 is 24.7 Å². The summed E-state index contributed by atoms with van der Waals surface area (Å²) >= 11 is 5.21. The summed E-state index contributed by atoms with van der Waals surface area (Å²) in [5.41, 5.74) is -0.130. The minimum atomic E-state index is -0.517. The summed E-state index contributed by atoms with van der Waals surface area (Å²) in [7, 11) is -0.517. The number of rotatable bonds is 5. The minimum Gasteiger partial charge on any atom is -0.480 e. The van der Waals surface area contributed by atoms with Gasteiger partial charge >= 0.3 is 7.12 Å². The topological polar surface area (TPSA) is 64.6 Å². The lowest BCUT2D eigenvalue weighted by Crippen LogP contribution is -2.41. The fraction of sp³-hybridized carbons (Fsp3) is 0.500. The Bertz CT molecular complexity index is 621. The van der Waals surface area contributed by atoms with Crippen LogP contribution in [-0.2, 0) is 14.0 Å². The highest BCUT2D eigenvalue weighted by atomic mass is 32.1. The highest BCUT2D eigenvalue weighted by Gasteiger charge is 2.52. The Morgan fingerprint density at radius 3 is 2.50 bits per heavy atom. The van der Waals surface area contributed by atoms with E-state index in [2.05, 4.69) is 22.2 Å². The number of anilines is 1. The number of pyridine rings is 1. The number of nitrogens with zero attached hydrogens (tertiary/aromatic N) is 1. The molecule has 0 radical (unpaired) electrons. The van der Waals surface area contributed by atoms with Gasteiger partial charge in [0, 0.05) is 0 Å². The number of thiocarbonyl (C=S) groups is 1. The Labute approximate surface area is 149 Å². The lowest BCUT2D eigenvalue weighted by atomic mass is 9.84. The van der Waals surface area contributed by atoms with Crippen LogP contribution in [0.5, 0.6) is 0 Å². The van der Waals surface area contributed by atoms with Crippen molar-refractivity contribution in [3.63, 3.8) is 0 Å². The van der Waals surface area contributed by atoms with E-state index in [1.54, 1.807) is 0 Å². The standard InChI is InChI=1S/C16H24BN3O3S/c1-7-21-11(2)18-14(24)20-13-10-8-9-12(19-13)17-22-15(3,4)16(5,6)23-17/h8-10H,2,7H2,1,3-6H3,(H2,18,19,20,24). The predicted molar refractivity (Wildman–Crippen MR) is 100 cm³/mol. The summed E-state index contributed by atoms with van der Waals surface area (Å²) < 4.78 is 17.2. The van der Waals surface area contributed by atoms with E-state index in [9.17, 15) is 0 Å². The summed E-state index contributed by atoms with van der Waals surface area (Å²) in [6, 6.07) is 5.55. The molecule has 0 atom stereocenters. The van der Waals surface area contributed by atoms with Crippen molar-refractivity contribution in [1.29, 1.82) is 0 Å². The lowest BCUT2D eigenvalue weighted by Gasteiger charge is -2.32. The van der Waals surface area contributed by atoms with E-state index in [1.165, 1.54) is 0 Å². The monoisotopic (exact) mass is 349 g/mol. The van der Waals surface area contributed by atoms with Gasteiger partial charge in [-0.3, -0.25) is 0 Å². The number of hydrogen-bond donors (Lipinski definition) is 2. The molecule has 0 amide bonds. The van der Waals surface area contributed by atoms with Gasteiger partial charge in [-0.25, -0.2) is 4.98 Å². The lowest BCUT2D eigenvalue weighted by molar-refractivity contribution is 0.00578. The Balaban J connectivity index is 2.05. The second kappa shape index (κ2) is 7.08. The van der Waals surface area contributed by atoms with Crippen LogP contribution in [0.1, 0.15) is 34.6 Å². The molecule has 8 heteroatoms. The van der Waals surface area contributed by atoms with Crippen LogP contribution in [0.15, 0.2) is 30.7 Å². The Morgan fingerprint density at radius 2 is 1.92 bits per heavy atom. The highest BCUT2D eigenvalue weighted by molar-refractivity contribution is 7.80. The van der Waals surface area contributed by atoms with Crippen LogP contribution in [0.4, 0.5) is 5.82 Å². The van der Waals surface area contributed by atoms with Crippen LogP contribution in [-0.4, -0.2) is 35.0 Å². The minimum absolute atomic E-state index is 0.354. The number of hydrogen-bond acceptors (Lipinski definition) is 5. The van der Waals surface area contributed by atoms with Crippen molar-refractivity contribution in [3.05, 3.63) is 30.7 Å². The first-order valence-electron chi connectivity index (χ1n) is 7.87. The normalized spacial score (nSPS) is 18.1. The van der Waals surface area contributed by atoms with Gasteiger partial charge in [0.25, 0.3) is 0 Å². The molecular formula is C16H24BN3O3S. The van der Waals surface area contributed by atoms with Crippen LogP contribution < -0.4 is 16.2 Å². The van der Waals surface area contributed by atoms with Crippen LogP contribution in [0.2, 0.25) is 0 Å². The van der Waals surface area contributed by atoms with Gasteiger partial charge in [0.15, 0.2) is 11.0 Å². The fourth-order valence-corrected chi connectivity index (χ4v) is 2.32. The van der Waals surface area contributed by atoms with Crippen molar-refractivity contribution >= 4 is 35.9 Å². The first kappa shape index (κ1) is 18.7. The SMILES string of the molecule is C=C(NC(=S)Nc1cccc(B2OC(C)(C)C(C)(C)O2)n1)OCC. The van der Waals surface area contributed by atoms with Crippen molar-refractivity contribution in [1.82, 2.24) is 10.3 Å². The molecule has 1 aromatic rings. The van der Waals surface area contributed by atoms with E-state index in [1.807, 2.05) is 52.8 Å². The van der Waals surface area contributed by atoms with E-state index in [-0.39, 0.29) is 0 Å². The van der Waals surface area contributed by atoms with Gasteiger partial charge in [0.1, 0.15) is 5.82 Å². The number of ether oxygens (including phenoxy) is 1. The maximum Gasteiger partial charge on any atom is 0.514 e. The maximum atomic E-state index is 6.01. The van der Waals surface area contributed by atoms with E-state index in [0.717, 1.165) is 0 Å². The molecule has 2 N–H and O–H groups in total. The highest BCUT2D eigenvalue weighted by Crippen LogP contribution is 2.36. The van der Waals surface area contributed by atoms with Crippen molar-refractivity contribution in [2.45, 2.75) is 45.8 Å². The molecule has 2 heterocycles. The van der Waals surface area contributed by atoms with Crippen LogP contribution in [0.3, 0.4) is 0 Å². The Hall–Kier alpha value is -1.64. The molecule has 0 aliphatic carbocycles. The van der Waals surface area contributed by atoms with Gasteiger partial charge in [-0.1, -0.05) is 6.07 Å². The molecule has 24 heavy (non-hydrogen) atoms. The molecule has 1 aromatic heterocycles. The molecule has 0 unspecified atom stereocenters. The molecule has 2 rings (SSSR count). The zero-order valence-electron chi connectivity index (χ0n) is 14.8. The summed E-state index contributed by atoms with van der Waals surface area (Å²) in [6.45, 7) is 14.1. The third kappa shape index (κ3) is 4.26. The summed E-state index contributed by atoms with van der Waals surface area (Å²) in [5, 5.41) is 6.19. The van der Waals surface area contributed by atoms with Gasteiger partial charge in [0.05, 0.1) is 23.4 Å². The zero-order chi connectivity index (χ0) is 18.0. The molecular weight excluding hydrogens is 325 g/mol. The average molecular weight is 349 g/mol. The molecule has 6 nitrogen and oxygen atoms in total. The van der Waals surface area contributed by atoms with Crippen molar-refractivity contribution in [3.8, 4) is 0 Å². The summed E-state index contributed by atoms with van der Waals surface area (Å²) in [5.74, 6) is 0.973. The van der Waals surface area contributed by atoms with Gasteiger partial charge in [-0.15, -0.1) is 0 Å². The molecule has 1 fully saturated rings. The molecule has 1 aliphatic rings. The van der Waals surface area contributed by atoms with E-state index in [0.29, 0.717) is 29.0 Å². The second-order valence-corrected chi connectivity index (χ2v) is 6.88. The van der Waals surface area contributed by atoms with Crippen LogP contribution >= 0.6 is 12.2 Å². The third-order valence-electron chi connectivity index (χ3n) is 4.08. The third-order valence-corrected chi connectivity index (χ3v) is 4.28. The fourth-order valence-electron chi connectivity index (χ4n) is 2.10. The van der Waals surface area contributed by atoms with Gasteiger partial charge in [-0.2, -0.15) is 0 Å². The van der Waals surface area contributed by atoms with Crippen LogP contribution in [0, 0.1) is 0 Å². The molecule has 1 aliphatic heterocycles. The quantitative estimate of drug-likeness (QED) is 0.480. The second-order valence-electron chi connectivity index (χ2n) is 6.47. The van der Waals surface area contributed by atoms with E-state index >= 15 is 0 Å². The molecule has 0 bridgehead atoms. The molecule has 1 saturated heterocycles. The Morgan fingerprint density at radius 1 is 1.29 bits per heavy atom. The maximum absolute atomic E-state index is 6.01. The zero-order valence-corrected chi connectivity index (χ0v) is 15.6. The first-order valence-corrected chi connectivity index (χ1v) is 8.28. The van der Waals surface area contributed by atoms with E-state index in [4.69, 9.17) is 26.3 Å². The van der Waals surface area contributed by atoms with Gasteiger partial charge in [-0.05, 0) is 65.5 Å². The Kier molecular flexibility index (Phi) is 5.52. The first-order chi connectivity index (χ1) is 11.1. The van der Waals surface area contributed by atoms with E-state index < -0.39 is 18.3 Å². The summed E-state index contributed by atoms with van der Waals surface area (Å²) in [6.07, 6.45) is 0. The average Bonchev–Trinajstić information content (AvgIpc) is 2.67. The molecule has 0 spiro atoms. The number of nitrogens with one attached hydrogen (secondary N) is 2. The number of aromatic nitrogens is 1.